The lowest BCUT2D eigenvalue weighted by molar-refractivity contribution is 0.158. The molecule has 0 heterocycles. The van der Waals surface area contributed by atoms with Gasteiger partial charge in [-0.05, 0) is 13.8 Å². The molecule has 14 heavy (non-hydrogen) atoms. The Balaban J connectivity index is 4.14. The van der Waals surface area contributed by atoms with Gasteiger partial charge in [0.2, 0.25) is 0 Å². The fraction of sp³-hybridized carbons (Fsp3) is 0.833. The molecular weight excluding hydrogens is 212 g/mol. The minimum Gasteiger partial charge on any atom is -0.449 e. The summed E-state index contributed by atoms with van der Waals surface area (Å²) in [5, 5.41) is 8.56. The van der Waals surface area contributed by atoms with Crippen molar-refractivity contribution in [2.24, 2.45) is 0 Å². The van der Waals surface area contributed by atoms with Crippen molar-refractivity contribution in [1.82, 2.24) is 9.44 Å². The minimum absolute atomic E-state index is 0.0803. The summed E-state index contributed by atoms with van der Waals surface area (Å²) in [4.78, 5) is 10.7. The highest BCUT2D eigenvalue weighted by Crippen LogP contribution is 1.86. The molecule has 8 heteroatoms. The van der Waals surface area contributed by atoms with Crippen molar-refractivity contribution < 1.29 is 23.1 Å². The van der Waals surface area contributed by atoms with Crippen molar-refractivity contribution in [2.45, 2.75) is 19.9 Å². The molecular formula is C6H14N2O5S. The molecule has 0 unspecified atom stereocenters. The van der Waals surface area contributed by atoms with Crippen LogP contribution in [0.5, 0.6) is 0 Å². The molecule has 7 nitrogen and oxygen atoms in total. The van der Waals surface area contributed by atoms with E-state index in [0.717, 1.165) is 0 Å². The molecule has 0 rings (SSSR count). The van der Waals surface area contributed by atoms with Gasteiger partial charge in [-0.3, -0.25) is 0 Å². The van der Waals surface area contributed by atoms with Gasteiger partial charge in [-0.25, -0.2) is 9.52 Å². The Labute approximate surface area is 82.6 Å². The van der Waals surface area contributed by atoms with Crippen molar-refractivity contribution in [3.8, 4) is 0 Å². The highest BCUT2D eigenvalue weighted by atomic mass is 32.2. The fourth-order valence-electron chi connectivity index (χ4n) is 0.602. The molecule has 0 aliphatic heterocycles. The van der Waals surface area contributed by atoms with Crippen molar-refractivity contribution >= 4 is 16.3 Å². The zero-order valence-electron chi connectivity index (χ0n) is 7.98. The van der Waals surface area contributed by atoms with E-state index < -0.39 is 22.3 Å². The van der Waals surface area contributed by atoms with E-state index in [1.54, 1.807) is 11.6 Å². The fourth-order valence-corrected chi connectivity index (χ4v) is 1.54. The Morgan fingerprint density at radius 2 is 2.14 bits per heavy atom. The molecule has 0 aromatic rings. The van der Waals surface area contributed by atoms with Gasteiger partial charge in [-0.1, -0.05) is 0 Å². The number of amides is 1. The zero-order valence-corrected chi connectivity index (χ0v) is 8.80. The molecule has 0 spiro atoms. The first kappa shape index (κ1) is 13.1. The van der Waals surface area contributed by atoms with Crippen LogP contribution in [0.25, 0.3) is 0 Å². The van der Waals surface area contributed by atoms with E-state index >= 15 is 0 Å². The zero-order chi connectivity index (χ0) is 11.2. The summed E-state index contributed by atoms with van der Waals surface area (Å²) in [6, 6.07) is -0.665. The Morgan fingerprint density at radius 1 is 1.57 bits per heavy atom. The predicted molar refractivity (Wildman–Crippen MR) is 48.8 cm³/mol. The van der Waals surface area contributed by atoms with Crippen LogP contribution in [0.4, 0.5) is 4.79 Å². The largest absolute Gasteiger partial charge is 0.449 e. The Morgan fingerprint density at radius 3 is 2.57 bits per heavy atom. The molecule has 0 aliphatic rings. The molecule has 0 fully saturated rings. The van der Waals surface area contributed by atoms with Crippen LogP contribution in [0.15, 0.2) is 0 Å². The number of nitrogens with one attached hydrogen (secondary N) is 2. The van der Waals surface area contributed by atoms with E-state index in [4.69, 9.17) is 5.11 Å². The van der Waals surface area contributed by atoms with Crippen LogP contribution in [0.2, 0.25) is 0 Å². The van der Waals surface area contributed by atoms with Gasteiger partial charge in [0, 0.05) is 6.04 Å². The lowest BCUT2D eigenvalue weighted by Crippen LogP contribution is -2.45. The molecule has 0 aliphatic carbocycles. The van der Waals surface area contributed by atoms with Crippen LogP contribution in [0.3, 0.4) is 0 Å². The van der Waals surface area contributed by atoms with Gasteiger partial charge in [0.05, 0.1) is 13.2 Å². The summed E-state index contributed by atoms with van der Waals surface area (Å²) in [6.45, 7) is 2.72. The predicted octanol–water partition coefficient (Wildman–Crippen LogP) is -1.05. The summed E-state index contributed by atoms with van der Waals surface area (Å²) in [6.07, 6.45) is -1.05. The highest BCUT2D eigenvalue weighted by molar-refractivity contribution is 7.88. The first-order valence-electron chi connectivity index (χ1n) is 3.99. The monoisotopic (exact) mass is 226 g/mol. The number of aliphatic hydroxyl groups excluding tert-OH is 1. The molecule has 84 valence electrons. The Kier molecular flexibility index (Phi) is 5.43. The van der Waals surface area contributed by atoms with E-state index in [-0.39, 0.29) is 13.2 Å². The number of carbonyl (C=O) groups excluding carboxylic acids is 1. The number of ether oxygens (including phenoxy) is 1. The lowest BCUT2D eigenvalue weighted by atomic mass is 10.4. The number of carbonyl (C=O) groups is 1. The van der Waals surface area contributed by atoms with Gasteiger partial charge < -0.3 is 9.84 Å². The van der Waals surface area contributed by atoms with Gasteiger partial charge in [0.25, 0.3) is 0 Å². The third-order valence-electron chi connectivity index (χ3n) is 1.12. The van der Waals surface area contributed by atoms with Gasteiger partial charge in [-0.2, -0.15) is 13.1 Å². The van der Waals surface area contributed by atoms with Crippen LogP contribution >= 0.6 is 0 Å². The van der Waals surface area contributed by atoms with Crippen molar-refractivity contribution in [1.29, 1.82) is 0 Å². The third-order valence-corrected chi connectivity index (χ3v) is 2.27. The molecule has 1 amide bonds. The molecule has 0 saturated carbocycles. The van der Waals surface area contributed by atoms with Crippen molar-refractivity contribution in [3.63, 3.8) is 0 Å². The number of aliphatic hydroxyl groups is 1. The van der Waals surface area contributed by atoms with Crippen molar-refractivity contribution in [3.05, 3.63) is 0 Å². The number of hydrogen-bond acceptors (Lipinski definition) is 5. The van der Waals surface area contributed by atoms with Crippen molar-refractivity contribution in [2.75, 3.05) is 13.2 Å². The summed E-state index contributed by atoms with van der Waals surface area (Å²) < 4.78 is 30.1. The van der Waals surface area contributed by atoms with Gasteiger partial charge in [-0.15, -0.1) is 0 Å². The SMILES string of the molecule is CCOC(=O)NS(=O)(=O)N[C@@H](C)CO. The molecule has 0 saturated heterocycles. The normalized spacial score (nSPS) is 13.4. The second kappa shape index (κ2) is 5.78. The summed E-state index contributed by atoms with van der Waals surface area (Å²) in [7, 11) is -3.95. The maximum absolute atomic E-state index is 11.1. The summed E-state index contributed by atoms with van der Waals surface area (Å²) >= 11 is 0. The Bertz CT molecular complexity index is 276. The average Bonchev–Trinajstić information content (AvgIpc) is 2.02. The van der Waals surface area contributed by atoms with Gasteiger partial charge in [0.15, 0.2) is 0 Å². The van der Waals surface area contributed by atoms with Gasteiger partial charge in [0.1, 0.15) is 0 Å². The smallest absolute Gasteiger partial charge is 0.421 e. The minimum atomic E-state index is -3.95. The van der Waals surface area contributed by atoms with E-state index in [2.05, 4.69) is 4.74 Å². The number of rotatable bonds is 5. The average molecular weight is 226 g/mol. The summed E-state index contributed by atoms with van der Waals surface area (Å²) in [5.74, 6) is 0. The Hall–Kier alpha value is -0.860. The topological polar surface area (TPSA) is 105 Å². The first-order chi connectivity index (χ1) is 6.41. The third kappa shape index (κ3) is 5.73. The van der Waals surface area contributed by atoms with E-state index in [1.807, 2.05) is 4.72 Å². The van der Waals surface area contributed by atoms with E-state index in [1.165, 1.54) is 6.92 Å². The summed E-state index contributed by atoms with van der Waals surface area (Å²) in [5.41, 5.74) is 0. The maximum atomic E-state index is 11.1. The lowest BCUT2D eigenvalue weighted by Gasteiger charge is -2.11. The standard InChI is InChI=1S/C6H14N2O5S/c1-3-13-6(10)8-14(11,12)7-5(2)4-9/h5,7,9H,3-4H2,1-2H3,(H,8,10)/t5-/m0/s1. The second-order valence-electron chi connectivity index (χ2n) is 2.53. The van der Waals surface area contributed by atoms with Crippen LogP contribution in [0, 0.1) is 0 Å². The molecule has 0 bridgehead atoms. The first-order valence-corrected chi connectivity index (χ1v) is 5.47. The highest BCUT2D eigenvalue weighted by Gasteiger charge is 2.16. The quantitative estimate of drug-likeness (QED) is 0.554. The molecule has 0 radical (unpaired) electrons. The molecule has 3 N–H and O–H groups in total. The van der Waals surface area contributed by atoms with E-state index in [0.29, 0.717) is 0 Å². The number of hydrogen-bond donors (Lipinski definition) is 3. The van der Waals surface area contributed by atoms with Gasteiger partial charge >= 0.3 is 16.3 Å². The molecule has 0 aromatic heterocycles. The molecule has 1 atom stereocenters. The van der Waals surface area contributed by atoms with Crippen LogP contribution in [0.1, 0.15) is 13.8 Å². The second-order valence-corrected chi connectivity index (χ2v) is 3.97. The maximum Gasteiger partial charge on any atom is 0.421 e. The van der Waals surface area contributed by atoms with Crippen LogP contribution in [-0.4, -0.2) is 38.9 Å². The van der Waals surface area contributed by atoms with Crippen LogP contribution < -0.4 is 9.44 Å². The van der Waals surface area contributed by atoms with E-state index in [9.17, 15) is 13.2 Å². The van der Waals surface area contributed by atoms with Crippen LogP contribution in [-0.2, 0) is 14.9 Å². The molecule has 0 aromatic carbocycles.